The van der Waals surface area contributed by atoms with Crippen LogP contribution in [0.5, 0.6) is 0 Å². The second-order valence-corrected chi connectivity index (χ2v) is 7.01. The van der Waals surface area contributed by atoms with E-state index in [-0.39, 0.29) is 24.4 Å². The quantitative estimate of drug-likeness (QED) is 0.600. The van der Waals surface area contributed by atoms with E-state index in [0.717, 1.165) is 28.5 Å². The van der Waals surface area contributed by atoms with Crippen LogP contribution in [0.3, 0.4) is 0 Å². The number of carbonyl (C=O) groups is 1. The predicted molar refractivity (Wildman–Crippen MR) is 119 cm³/mol. The van der Waals surface area contributed by atoms with Gasteiger partial charge in [0.15, 0.2) is 0 Å². The molecule has 0 radical (unpaired) electrons. The Hall–Kier alpha value is -2.14. The van der Waals surface area contributed by atoms with E-state index in [0.29, 0.717) is 23.8 Å². The molecule has 1 amide bonds. The summed E-state index contributed by atoms with van der Waals surface area (Å²) in [5, 5.41) is 2.54. The van der Waals surface area contributed by atoms with Crippen molar-refractivity contribution in [3.8, 4) is 11.3 Å². The molecule has 0 spiro atoms. The first-order valence-corrected chi connectivity index (χ1v) is 9.60. The summed E-state index contributed by atoms with van der Waals surface area (Å²) in [7, 11) is 0. The lowest BCUT2D eigenvalue weighted by Crippen LogP contribution is -2.41. The van der Waals surface area contributed by atoms with Crippen LogP contribution in [0.15, 0.2) is 54.6 Å². The number of aromatic nitrogens is 1. The van der Waals surface area contributed by atoms with Gasteiger partial charge in [0.2, 0.25) is 0 Å². The Labute approximate surface area is 177 Å². The molecule has 1 heterocycles. The van der Waals surface area contributed by atoms with E-state index < -0.39 is 0 Å². The number of hydrogen-bond donors (Lipinski definition) is 1. The third-order valence-corrected chi connectivity index (χ3v) is 5.17. The number of benzene rings is 2. The second kappa shape index (κ2) is 9.87. The molecule has 0 aliphatic rings. The maximum absolute atomic E-state index is 13.2. The van der Waals surface area contributed by atoms with Gasteiger partial charge in [0.25, 0.3) is 5.91 Å². The highest BCUT2D eigenvalue weighted by Crippen LogP contribution is 2.32. The van der Waals surface area contributed by atoms with Crippen LogP contribution in [0.25, 0.3) is 22.0 Å². The van der Waals surface area contributed by atoms with Crippen molar-refractivity contribution >= 4 is 40.7 Å². The Balaban J connectivity index is 0.00000280. The molecule has 148 valence electrons. The van der Waals surface area contributed by atoms with Gasteiger partial charge in [-0.2, -0.15) is 0 Å². The summed E-state index contributed by atoms with van der Waals surface area (Å²) < 4.78 is 0. The van der Waals surface area contributed by atoms with Crippen molar-refractivity contribution in [2.75, 3.05) is 13.1 Å². The Morgan fingerprint density at radius 1 is 1.18 bits per heavy atom. The molecule has 0 fully saturated rings. The van der Waals surface area contributed by atoms with Crippen LogP contribution in [0, 0.1) is 0 Å². The van der Waals surface area contributed by atoms with Crippen LogP contribution in [0.1, 0.15) is 30.8 Å². The van der Waals surface area contributed by atoms with Gasteiger partial charge in [-0.3, -0.25) is 4.79 Å². The SMILES string of the molecule is CCC(C)N(CCN)C(=O)c1cc2ccccc2c(-c2ccccc2Cl)n1.Cl. The van der Waals surface area contributed by atoms with Crippen molar-refractivity contribution in [2.45, 2.75) is 26.3 Å². The lowest BCUT2D eigenvalue weighted by atomic mass is 10.0. The molecule has 0 bridgehead atoms. The fourth-order valence-electron chi connectivity index (χ4n) is 3.20. The molecule has 0 aliphatic carbocycles. The van der Waals surface area contributed by atoms with Gasteiger partial charge in [-0.1, -0.05) is 61.0 Å². The van der Waals surface area contributed by atoms with Gasteiger partial charge in [0, 0.05) is 35.1 Å². The van der Waals surface area contributed by atoms with E-state index >= 15 is 0 Å². The minimum Gasteiger partial charge on any atom is -0.333 e. The number of rotatable bonds is 6. The Morgan fingerprint density at radius 3 is 2.54 bits per heavy atom. The number of nitrogens with zero attached hydrogens (tertiary/aromatic N) is 2. The molecule has 3 aromatic rings. The summed E-state index contributed by atoms with van der Waals surface area (Å²) in [5.41, 5.74) is 7.69. The van der Waals surface area contributed by atoms with Crippen LogP contribution >= 0.6 is 24.0 Å². The molecule has 1 aromatic heterocycles. The van der Waals surface area contributed by atoms with Crippen LogP contribution < -0.4 is 5.73 Å². The minimum atomic E-state index is -0.103. The molecule has 28 heavy (non-hydrogen) atoms. The zero-order valence-electron chi connectivity index (χ0n) is 16.1. The van der Waals surface area contributed by atoms with E-state index in [1.165, 1.54) is 0 Å². The first kappa shape index (κ1) is 22.2. The Morgan fingerprint density at radius 2 is 1.86 bits per heavy atom. The number of amides is 1. The highest BCUT2D eigenvalue weighted by atomic mass is 35.5. The smallest absolute Gasteiger partial charge is 0.272 e. The number of pyridine rings is 1. The van der Waals surface area contributed by atoms with E-state index in [4.69, 9.17) is 22.3 Å². The van der Waals surface area contributed by atoms with Crippen molar-refractivity contribution in [2.24, 2.45) is 5.73 Å². The standard InChI is InChI=1S/C22H24ClN3O.ClH/c1-3-15(2)26(13-12-24)22(27)20-14-16-8-4-5-9-17(16)21(25-20)18-10-6-7-11-19(18)23;/h4-11,14-15H,3,12-13,24H2,1-2H3;1H. The first-order valence-electron chi connectivity index (χ1n) is 9.22. The van der Waals surface area contributed by atoms with Crippen molar-refractivity contribution in [1.82, 2.24) is 9.88 Å². The van der Waals surface area contributed by atoms with Gasteiger partial charge in [0.1, 0.15) is 5.69 Å². The molecule has 2 aromatic carbocycles. The average Bonchev–Trinajstić information content (AvgIpc) is 2.70. The molecule has 0 saturated carbocycles. The van der Waals surface area contributed by atoms with Crippen molar-refractivity contribution in [1.29, 1.82) is 0 Å². The van der Waals surface area contributed by atoms with Crippen molar-refractivity contribution in [3.05, 3.63) is 65.3 Å². The minimum absolute atomic E-state index is 0. The van der Waals surface area contributed by atoms with Crippen LogP contribution in [0.4, 0.5) is 0 Å². The molecular formula is C22H25Cl2N3O. The fourth-order valence-corrected chi connectivity index (χ4v) is 3.42. The number of fused-ring (bicyclic) bond motifs is 1. The molecule has 0 aliphatic heterocycles. The number of nitrogens with two attached hydrogens (primary N) is 1. The maximum Gasteiger partial charge on any atom is 0.272 e. The molecule has 3 rings (SSSR count). The van der Waals surface area contributed by atoms with Gasteiger partial charge in [0.05, 0.1) is 5.69 Å². The number of hydrogen-bond acceptors (Lipinski definition) is 3. The zero-order valence-corrected chi connectivity index (χ0v) is 17.6. The molecule has 2 N–H and O–H groups in total. The highest BCUT2D eigenvalue weighted by molar-refractivity contribution is 6.33. The Kier molecular flexibility index (Phi) is 7.81. The van der Waals surface area contributed by atoms with Crippen molar-refractivity contribution in [3.63, 3.8) is 0 Å². The summed E-state index contributed by atoms with van der Waals surface area (Å²) in [6.45, 7) is 5.01. The fraction of sp³-hybridized carbons (Fsp3) is 0.273. The van der Waals surface area contributed by atoms with E-state index in [2.05, 4.69) is 6.92 Å². The molecule has 6 heteroatoms. The second-order valence-electron chi connectivity index (χ2n) is 6.60. The predicted octanol–water partition coefficient (Wildman–Crippen LogP) is 5.18. The molecule has 4 nitrogen and oxygen atoms in total. The normalized spacial score (nSPS) is 11.7. The Bertz CT molecular complexity index is 961. The molecule has 1 atom stereocenters. The maximum atomic E-state index is 13.2. The van der Waals surface area contributed by atoms with Crippen LogP contribution in [0.2, 0.25) is 5.02 Å². The van der Waals surface area contributed by atoms with Crippen LogP contribution in [-0.4, -0.2) is 34.9 Å². The third kappa shape index (κ3) is 4.46. The lowest BCUT2D eigenvalue weighted by molar-refractivity contribution is 0.0689. The molecular weight excluding hydrogens is 393 g/mol. The molecule has 0 saturated heterocycles. The zero-order chi connectivity index (χ0) is 19.4. The number of halogens is 2. The molecule has 1 unspecified atom stereocenters. The van der Waals surface area contributed by atoms with E-state index in [9.17, 15) is 4.79 Å². The van der Waals surface area contributed by atoms with Crippen molar-refractivity contribution < 1.29 is 4.79 Å². The largest absolute Gasteiger partial charge is 0.333 e. The van der Waals surface area contributed by atoms with Gasteiger partial charge in [-0.05, 0) is 30.9 Å². The summed E-state index contributed by atoms with van der Waals surface area (Å²) >= 11 is 6.42. The lowest BCUT2D eigenvalue weighted by Gasteiger charge is -2.28. The summed E-state index contributed by atoms with van der Waals surface area (Å²) in [6.07, 6.45) is 0.858. The van der Waals surface area contributed by atoms with Gasteiger partial charge in [-0.25, -0.2) is 4.98 Å². The topological polar surface area (TPSA) is 59.2 Å². The average molecular weight is 418 g/mol. The first-order chi connectivity index (χ1) is 13.1. The summed E-state index contributed by atoms with van der Waals surface area (Å²) in [5.74, 6) is -0.103. The van der Waals surface area contributed by atoms with Crippen LogP contribution in [-0.2, 0) is 0 Å². The summed E-state index contributed by atoms with van der Waals surface area (Å²) in [4.78, 5) is 19.8. The van der Waals surface area contributed by atoms with Gasteiger partial charge in [-0.15, -0.1) is 12.4 Å². The third-order valence-electron chi connectivity index (χ3n) is 4.84. The van der Waals surface area contributed by atoms with E-state index in [1.54, 1.807) is 4.90 Å². The van der Waals surface area contributed by atoms with E-state index in [1.807, 2.05) is 61.5 Å². The summed E-state index contributed by atoms with van der Waals surface area (Å²) in [6, 6.07) is 17.4. The monoisotopic (exact) mass is 417 g/mol. The number of carbonyl (C=O) groups excluding carboxylic acids is 1. The highest BCUT2D eigenvalue weighted by Gasteiger charge is 2.22. The van der Waals surface area contributed by atoms with Gasteiger partial charge >= 0.3 is 0 Å². The van der Waals surface area contributed by atoms with Gasteiger partial charge < -0.3 is 10.6 Å².